The first-order valence-corrected chi connectivity index (χ1v) is 12.1. The number of benzene rings is 2. The predicted molar refractivity (Wildman–Crippen MR) is 126 cm³/mol. The molecule has 4 aliphatic rings. The van der Waals surface area contributed by atoms with E-state index in [1.54, 1.807) is 25.1 Å². The Balaban J connectivity index is 1.32. The zero-order chi connectivity index (χ0) is 22.5. The Morgan fingerprint density at radius 1 is 1.03 bits per heavy atom. The summed E-state index contributed by atoms with van der Waals surface area (Å²) >= 11 is 12.1. The largest absolute Gasteiger partial charge is 0.452 e. The van der Waals surface area contributed by atoms with Crippen LogP contribution in [0.15, 0.2) is 48.5 Å². The summed E-state index contributed by atoms with van der Waals surface area (Å²) in [5.41, 5.74) is 1.34. The molecular weight excluding hydrogens is 445 g/mol. The van der Waals surface area contributed by atoms with Crippen molar-refractivity contribution in [2.45, 2.75) is 57.0 Å². The van der Waals surface area contributed by atoms with Crippen molar-refractivity contribution < 1.29 is 14.3 Å². The molecule has 0 aliphatic heterocycles. The minimum absolute atomic E-state index is 0.0483. The fourth-order valence-electron chi connectivity index (χ4n) is 6.80. The Labute approximate surface area is 198 Å². The fourth-order valence-corrected chi connectivity index (χ4v) is 7.25. The van der Waals surface area contributed by atoms with Crippen LogP contribution >= 0.6 is 23.2 Å². The molecule has 32 heavy (non-hydrogen) atoms. The number of carbonyl (C=O) groups is 2. The number of anilines is 1. The number of rotatable bonds is 5. The van der Waals surface area contributed by atoms with Gasteiger partial charge < -0.3 is 10.1 Å². The standard InChI is InChI=1S/C26H27Cl2NO3/c1-16(23(30)29-22-8-7-20(27)10-21(22)28)32-24(31)26-13-17-9-18(14-26)12-25(11-17,15-26)19-5-3-2-4-6-19/h2-8,10,16-18H,9,11-15H2,1H3,(H,29,30)/t16-,17+,18+,25?,26?/m0/s1. The van der Waals surface area contributed by atoms with Crippen LogP contribution in [0.3, 0.4) is 0 Å². The summed E-state index contributed by atoms with van der Waals surface area (Å²) < 4.78 is 5.79. The van der Waals surface area contributed by atoms with Crippen molar-refractivity contribution in [1.82, 2.24) is 0 Å². The second kappa shape index (κ2) is 8.07. The van der Waals surface area contributed by atoms with Gasteiger partial charge in [0.2, 0.25) is 0 Å². The van der Waals surface area contributed by atoms with Gasteiger partial charge in [-0.3, -0.25) is 9.59 Å². The molecule has 168 valence electrons. The van der Waals surface area contributed by atoms with Gasteiger partial charge in [0.1, 0.15) is 0 Å². The van der Waals surface area contributed by atoms with Crippen molar-refractivity contribution >= 4 is 40.8 Å². The van der Waals surface area contributed by atoms with Gasteiger partial charge in [-0.25, -0.2) is 0 Å². The zero-order valence-electron chi connectivity index (χ0n) is 18.1. The lowest BCUT2D eigenvalue weighted by atomic mass is 9.43. The van der Waals surface area contributed by atoms with Gasteiger partial charge in [0.15, 0.2) is 6.10 Å². The number of esters is 1. The van der Waals surface area contributed by atoms with E-state index in [0.29, 0.717) is 27.6 Å². The number of amides is 1. The lowest BCUT2D eigenvalue weighted by molar-refractivity contribution is -0.180. The van der Waals surface area contributed by atoms with E-state index in [1.807, 2.05) is 6.07 Å². The zero-order valence-corrected chi connectivity index (χ0v) is 19.6. The van der Waals surface area contributed by atoms with E-state index in [2.05, 4.69) is 29.6 Å². The number of ether oxygens (including phenoxy) is 1. The van der Waals surface area contributed by atoms with E-state index in [-0.39, 0.29) is 11.4 Å². The minimum Gasteiger partial charge on any atom is -0.452 e. The average Bonchev–Trinajstić information content (AvgIpc) is 2.75. The fraction of sp³-hybridized carbons (Fsp3) is 0.462. The highest BCUT2D eigenvalue weighted by molar-refractivity contribution is 6.36. The molecular formula is C26H27Cl2NO3. The third kappa shape index (κ3) is 3.82. The highest BCUT2D eigenvalue weighted by Gasteiger charge is 2.61. The molecule has 4 bridgehead atoms. The maximum atomic E-state index is 13.5. The van der Waals surface area contributed by atoms with Crippen molar-refractivity contribution in [3.05, 3.63) is 64.1 Å². The van der Waals surface area contributed by atoms with Gasteiger partial charge in [-0.2, -0.15) is 0 Å². The van der Waals surface area contributed by atoms with Gasteiger partial charge in [-0.05, 0) is 86.5 Å². The van der Waals surface area contributed by atoms with Crippen molar-refractivity contribution in [1.29, 1.82) is 0 Å². The third-order valence-electron chi connectivity index (χ3n) is 7.72. The van der Waals surface area contributed by atoms with Crippen LogP contribution in [-0.2, 0) is 19.7 Å². The third-order valence-corrected chi connectivity index (χ3v) is 8.27. The monoisotopic (exact) mass is 471 g/mol. The summed E-state index contributed by atoms with van der Waals surface area (Å²) in [5.74, 6) is 0.462. The molecule has 4 saturated carbocycles. The molecule has 3 atom stereocenters. The van der Waals surface area contributed by atoms with Gasteiger partial charge >= 0.3 is 5.97 Å². The average molecular weight is 472 g/mol. The molecule has 1 N–H and O–H groups in total. The van der Waals surface area contributed by atoms with E-state index >= 15 is 0 Å². The molecule has 6 heteroatoms. The second-order valence-corrected chi connectivity index (χ2v) is 10.9. The first kappa shape index (κ1) is 21.8. The Hall–Kier alpha value is -2.04. The van der Waals surface area contributed by atoms with Crippen LogP contribution in [0.2, 0.25) is 10.0 Å². The molecule has 4 nitrogen and oxygen atoms in total. The Morgan fingerprint density at radius 3 is 2.38 bits per heavy atom. The van der Waals surface area contributed by atoms with Crippen LogP contribution in [0.25, 0.3) is 0 Å². The molecule has 0 spiro atoms. The summed E-state index contributed by atoms with van der Waals surface area (Å²) in [7, 11) is 0. The normalized spacial score (nSPS) is 31.2. The molecule has 4 fully saturated rings. The summed E-state index contributed by atoms with van der Waals surface area (Å²) in [6.45, 7) is 1.62. The molecule has 0 radical (unpaired) electrons. The van der Waals surface area contributed by atoms with Crippen LogP contribution in [-0.4, -0.2) is 18.0 Å². The summed E-state index contributed by atoms with van der Waals surface area (Å²) in [6, 6.07) is 15.5. The number of halogens is 2. The van der Waals surface area contributed by atoms with Crippen LogP contribution < -0.4 is 5.32 Å². The lowest BCUT2D eigenvalue weighted by Gasteiger charge is -2.61. The van der Waals surface area contributed by atoms with E-state index < -0.39 is 17.4 Å². The van der Waals surface area contributed by atoms with Crippen LogP contribution in [0.5, 0.6) is 0 Å². The quantitative estimate of drug-likeness (QED) is 0.513. The predicted octanol–water partition coefficient (Wildman–Crippen LogP) is 6.40. The van der Waals surface area contributed by atoms with Gasteiger partial charge in [0.05, 0.1) is 16.1 Å². The smallest absolute Gasteiger partial charge is 0.312 e. The maximum absolute atomic E-state index is 13.5. The van der Waals surface area contributed by atoms with Gasteiger partial charge in [0, 0.05) is 5.02 Å². The van der Waals surface area contributed by atoms with Crippen molar-refractivity contribution in [2.24, 2.45) is 17.3 Å². The molecule has 6 rings (SSSR count). The minimum atomic E-state index is -0.907. The summed E-state index contributed by atoms with van der Waals surface area (Å²) in [6.07, 6.45) is 5.14. The highest BCUT2D eigenvalue weighted by Crippen LogP contribution is 2.66. The molecule has 4 aliphatic carbocycles. The van der Waals surface area contributed by atoms with Crippen molar-refractivity contribution in [3.8, 4) is 0 Å². The molecule has 0 saturated heterocycles. The molecule has 0 heterocycles. The van der Waals surface area contributed by atoms with Crippen molar-refractivity contribution in [3.63, 3.8) is 0 Å². The Morgan fingerprint density at radius 2 is 1.72 bits per heavy atom. The van der Waals surface area contributed by atoms with E-state index in [9.17, 15) is 9.59 Å². The Kier molecular flexibility index (Phi) is 5.50. The topological polar surface area (TPSA) is 55.4 Å². The summed E-state index contributed by atoms with van der Waals surface area (Å²) in [4.78, 5) is 26.2. The van der Waals surface area contributed by atoms with Gasteiger partial charge in [-0.1, -0.05) is 53.5 Å². The van der Waals surface area contributed by atoms with Gasteiger partial charge in [-0.15, -0.1) is 0 Å². The van der Waals surface area contributed by atoms with Crippen molar-refractivity contribution in [2.75, 3.05) is 5.32 Å². The van der Waals surface area contributed by atoms with Crippen LogP contribution in [0, 0.1) is 17.3 Å². The number of nitrogens with one attached hydrogen (secondary N) is 1. The second-order valence-electron chi connectivity index (χ2n) is 10.0. The molecule has 2 aromatic carbocycles. The highest BCUT2D eigenvalue weighted by atomic mass is 35.5. The molecule has 0 unspecified atom stereocenters. The van der Waals surface area contributed by atoms with E-state index in [4.69, 9.17) is 27.9 Å². The van der Waals surface area contributed by atoms with Gasteiger partial charge in [0.25, 0.3) is 5.91 Å². The molecule has 1 amide bonds. The molecule has 0 aromatic heterocycles. The maximum Gasteiger partial charge on any atom is 0.312 e. The number of hydrogen-bond acceptors (Lipinski definition) is 3. The number of carbonyl (C=O) groups excluding carboxylic acids is 2. The SMILES string of the molecule is C[C@H](OC(=O)C12C[C@@H]3C[C@@H](C1)CC(c1ccccc1)(C3)C2)C(=O)Nc1ccc(Cl)cc1Cl. The van der Waals surface area contributed by atoms with Crippen LogP contribution in [0.4, 0.5) is 5.69 Å². The lowest BCUT2D eigenvalue weighted by Crippen LogP contribution is -2.57. The van der Waals surface area contributed by atoms with E-state index in [0.717, 1.165) is 32.1 Å². The molecule has 2 aromatic rings. The number of hydrogen-bond donors (Lipinski definition) is 1. The van der Waals surface area contributed by atoms with E-state index in [1.165, 1.54) is 12.0 Å². The summed E-state index contributed by atoms with van der Waals surface area (Å²) in [5, 5.41) is 3.57. The van der Waals surface area contributed by atoms with Crippen LogP contribution in [0.1, 0.15) is 51.0 Å². The first-order chi connectivity index (χ1) is 15.3. The first-order valence-electron chi connectivity index (χ1n) is 11.3. The Bertz CT molecular complexity index is 1040.